The van der Waals surface area contributed by atoms with E-state index in [0.717, 1.165) is 19.3 Å². The maximum Gasteiger partial charge on any atom is 0.312 e. The van der Waals surface area contributed by atoms with Gasteiger partial charge in [0.25, 0.3) is 0 Å². The van der Waals surface area contributed by atoms with Crippen molar-refractivity contribution in [3.05, 3.63) is 0 Å². The molecule has 2 fully saturated rings. The number of carbonyl (C=O) groups is 1. The SMILES string of the molecule is COC(=O)[C@]12C[C@@H](N)C[C@@H]1C2. The molecule has 2 rings (SSSR count). The molecule has 2 aliphatic rings. The van der Waals surface area contributed by atoms with E-state index in [1.807, 2.05) is 0 Å². The fraction of sp³-hybridized carbons (Fsp3) is 0.875. The van der Waals surface area contributed by atoms with Crippen LogP contribution in [-0.2, 0) is 9.53 Å². The number of hydrogen-bond donors (Lipinski definition) is 1. The number of carbonyl (C=O) groups excluding carboxylic acids is 1. The first-order chi connectivity index (χ1) is 5.19. The molecule has 0 bridgehead atoms. The van der Waals surface area contributed by atoms with E-state index in [1.165, 1.54) is 7.11 Å². The summed E-state index contributed by atoms with van der Waals surface area (Å²) in [6, 6.07) is 0.229. The normalized spacial score (nSPS) is 46.7. The third kappa shape index (κ3) is 0.805. The fourth-order valence-corrected chi connectivity index (χ4v) is 2.39. The Kier molecular flexibility index (Phi) is 1.27. The highest BCUT2D eigenvalue weighted by atomic mass is 16.5. The molecule has 0 aromatic carbocycles. The van der Waals surface area contributed by atoms with Crippen LogP contribution in [-0.4, -0.2) is 19.1 Å². The number of fused-ring (bicyclic) bond motifs is 1. The molecular weight excluding hydrogens is 142 g/mol. The molecule has 0 radical (unpaired) electrons. The molecule has 3 heteroatoms. The van der Waals surface area contributed by atoms with Gasteiger partial charge in [-0.3, -0.25) is 4.79 Å². The van der Waals surface area contributed by atoms with Crippen LogP contribution < -0.4 is 5.73 Å². The zero-order valence-electron chi connectivity index (χ0n) is 6.67. The van der Waals surface area contributed by atoms with Gasteiger partial charge in [0, 0.05) is 6.04 Å². The largest absolute Gasteiger partial charge is 0.469 e. The Bertz CT molecular complexity index is 204. The summed E-state index contributed by atoms with van der Waals surface area (Å²) < 4.78 is 4.73. The fourth-order valence-electron chi connectivity index (χ4n) is 2.39. The second-order valence-electron chi connectivity index (χ2n) is 3.75. The van der Waals surface area contributed by atoms with Crippen molar-refractivity contribution in [3.63, 3.8) is 0 Å². The lowest BCUT2D eigenvalue weighted by Gasteiger charge is -2.10. The Morgan fingerprint density at radius 2 is 2.36 bits per heavy atom. The summed E-state index contributed by atoms with van der Waals surface area (Å²) in [7, 11) is 1.45. The Morgan fingerprint density at radius 1 is 1.64 bits per heavy atom. The van der Waals surface area contributed by atoms with Crippen molar-refractivity contribution in [1.82, 2.24) is 0 Å². The van der Waals surface area contributed by atoms with Crippen LogP contribution in [0.2, 0.25) is 0 Å². The third-order valence-corrected chi connectivity index (χ3v) is 3.04. The van der Waals surface area contributed by atoms with E-state index in [9.17, 15) is 4.79 Å². The van der Waals surface area contributed by atoms with Gasteiger partial charge in [-0.2, -0.15) is 0 Å². The van der Waals surface area contributed by atoms with Crippen LogP contribution in [0, 0.1) is 11.3 Å². The van der Waals surface area contributed by atoms with E-state index in [4.69, 9.17) is 10.5 Å². The van der Waals surface area contributed by atoms with Crippen LogP contribution in [0.15, 0.2) is 0 Å². The minimum absolute atomic E-state index is 0.0459. The van der Waals surface area contributed by atoms with Gasteiger partial charge in [-0.15, -0.1) is 0 Å². The monoisotopic (exact) mass is 155 g/mol. The highest BCUT2D eigenvalue weighted by Crippen LogP contribution is 2.63. The third-order valence-electron chi connectivity index (χ3n) is 3.04. The van der Waals surface area contributed by atoms with Crippen molar-refractivity contribution >= 4 is 5.97 Å². The standard InChI is InChI=1S/C8H13NO2/c1-11-7(10)8-3-5(8)2-6(9)4-8/h5-6H,2-4,9H2,1H3/t5-,6+,8-/m1/s1. The molecule has 2 N–H and O–H groups in total. The summed E-state index contributed by atoms with van der Waals surface area (Å²) in [6.07, 6.45) is 2.85. The smallest absolute Gasteiger partial charge is 0.312 e. The van der Waals surface area contributed by atoms with Gasteiger partial charge in [0.05, 0.1) is 12.5 Å². The molecule has 0 amide bonds. The first kappa shape index (κ1) is 7.10. The summed E-state index contributed by atoms with van der Waals surface area (Å²) in [4.78, 5) is 11.2. The molecule has 3 nitrogen and oxygen atoms in total. The van der Waals surface area contributed by atoms with Crippen LogP contribution in [0.25, 0.3) is 0 Å². The van der Waals surface area contributed by atoms with Gasteiger partial charge in [-0.1, -0.05) is 0 Å². The van der Waals surface area contributed by atoms with Gasteiger partial charge in [-0.25, -0.2) is 0 Å². The second kappa shape index (κ2) is 1.97. The van der Waals surface area contributed by atoms with Gasteiger partial charge in [-0.05, 0) is 25.2 Å². The Hall–Kier alpha value is -0.570. The minimum atomic E-state index is -0.145. The summed E-state index contributed by atoms with van der Waals surface area (Å²) in [5.41, 5.74) is 5.58. The van der Waals surface area contributed by atoms with Crippen molar-refractivity contribution in [3.8, 4) is 0 Å². The zero-order valence-corrected chi connectivity index (χ0v) is 6.67. The van der Waals surface area contributed by atoms with E-state index >= 15 is 0 Å². The van der Waals surface area contributed by atoms with Crippen LogP contribution >= 0.6 is 0 Å². The molecule has 62 valence electrons. The van der Waals surface area contributed by atoms with E-state index in [1.54, 1.807) is 0 Å². The first-order valence-corrected chi connectivity index (χ1v) is 4.03. The molecule has 0 aromatic rings. The van der Waals surface area contributed by atoms with Crippen LogP contribution in [0.1, 0.15) is 19.3 Å². The predicted octanol–water partition coefficient (Wildman–Crippen LogP) is 0.287. The average Bonchev–Trinajstić information content (AvgIpc) is 2.55. The number of nitrogens with two attached hydrogens (primary N) is 1. The van der Waals surface area contributed by atoms with Crippen LogP contribution in [0.3, 0.4) is 0 Å². The van der Waals surface area contributed by atoms with E-state index in [-0.39, 0.29) is 17.4 Å². The molecular formula is C8H13NO2. The van der Waals surface area contributed by atoms with E-state index in [0.29, 0.717) is 5.92 Å². The number of esters is 1. The number of ether oxygens (including phenoxy) is 1. The maximum atomic E-state index is 11.2. The number of rotatable bonds is 1. The highest BCUT2D eigenvalue weighted by molar-refractivity contribution is 5.81. The Morgan fingerprint density at radius 3 is 2.82 bits per heavy atom. The van der Waals surface area contributed by atoms with Gasteiger partial charge in [0.15, 0.2) is 0 Å². The summed E-state index contributed by atoms with van der Waals surface area (Å²) in [6.45, 7) is 0. The zero-order chi connectivity index (χ0) is 8.06. The molecule has 11 heavy (non-hydrogen) atoms. The van der Waals surface area contributed by atoms with Gasteiger partial charge in [0.2, 0.25) is 0 Å². The van der Waals surface area contributed by atoms with Gasteiger partial charge in [0.1, 0.15) is 0 Å². The van der Waals surface area contributed by atoms with Crippen LogP contribution in [0.4, 0.5) is 0 Å². The van der Waals surface area contributed by atoms with Gasteiger partial charge < -0.3 is 10.5 Å². The van der Waals surface area contributed by atoms with Gasteiger partial charge >= 0.3 is 5.97 Å². The van der Waals surface area contributed by atoms with Crippen molar-refractivity contribution in [1.29, 1.82) is 0 Å². The van der Waals surface area contributed by atoms with Crippen LogP contribution in [0.5, 0.6) is 0 Å². The number of methoxy groups -OCH3 is 1. The van der Waals surface area contributed by atoms with E-state index < -0.39 is 0 Å². The molecule has 0 unspecified atom stereocenters. The van der Waals surface area contributed by atoms with Crippen molar-refractivity contribution in [2.45, 2.75) is 25.3 Å². The Labute approximate surface area is 65.9 Å². The van der Waals surface area contributed by atoms with Crippen molar-refractivity contribution in [2.24, 2.45) is 17.1 Å². The molecule has 0 heterocycles. The second-order valence-corrected chi connectivity index (χ2v) is 3.75. The maximum absolute atomic E-state index is 11.2. The molecule has 0 aromatic heterocycles. The minimum Gasteiger partial charge on any atom is -0.469 e. The predicted molar refractivity (Wildman–Crippen MR) is 39.8 cm³/mol. The first-order valence-electron chi connectivity index (χ1n) is 4.03. The van der Waals surface area contributed by atoms with Crippen molar-refractivity contribution in [2.75, 3.05) is 7.11 Å². The lowest BCUT2D eigenvalue weighted by Crippen LogP contribution is -2.23. The highest BCUT2D eigenvalue weighted by Gasteiger charge is 2.65. The number of hydrogen-bond acceptors (Lipinski definition) is 3. The molecule has 0 aliphatic heterocycles. The van der Waals surface area contributed by atoms with Crippen molar-refractivity contribution < 1.29 is 9.53 Å². The molecule has 2 aliphatic carbocycles. The lowest BCUT2D eigenvalue weighted by molar-refractivity contribution is -0.147. The topological polar surface area (TPSA) is 52.3 Å². The molecule has 2 saturated carbocycles. The quantitative estimate of drug-likeness (QED) is 0.553. The molecule has 0 spiro atoms. The lowest BCUT2D eigenvalue weighted by atomic mass is 10.0. The summed E-state index contributed by atoms with van der Waals surface area (Å²) in [5, 5.41) is 0. The summed E-state index contributed by atoms with van der Waals surface area (Å²) in [5.74, 6) is 0.486. The molecule has 0 saturated heterocycles. The average molecular weight is 155 g/mol. The Balaban J connectivity index is 2.10. The summed E-state index contributed by atoms with van der Waals surface area (Å²) >= 11 is 0. The van der Waals surface area contributed by atoms with E-state index in [2.05, 4.69) is 0 Å². The molecule has 3 atom stereocenters.